The molecule has 0 radical (unpaired) electrons. The summed E-state index contributed by atoms with van der Waals surface area (Å²) in [6.45, 7) is 1.34. The Hall–Kier alpha value is -1.50. The molecule has 4 aliphatic rings. The lowest BCUT2D eigenvalue weighted by Gasteiger charge is -2.46. The number of hydrogen-bond donors (Lipinski definition) is 2. The van der Waals surface area contributed by atoms with E-state index in [0.29, 0.717) is 23.7 Å². The number of nitrogens with zero attached hydrogens (tertiary/aromatic N) is 1. The number of fused-ring (bicyclic) bond motifs is 3. The van der Waals surface area contributed by atoms with E-state index in [1.807, 2.05) is 7.05 Å². The Morgan fingerprint density at radius 2 is 2.03 bits per heavy atom. The largest absolute Gasteiger partial charge is 0.381 e. The number of likely N-dealkylation sites (N-methyl/N-ethyl adjacent to an activating group) is 1. The highest BCUT2D eigenvalue weighted by atomic mass is 32.1. The van der Waals surface area contributed by atoms with Gasteiger partial charge in [0.05, 0.1) is 6.10 Å². The average Bonchev–Trinajstić information content (AvgIpc) is 3.50. The standard InChI is InChI=1S/C23H31N3O2S/c1-24-11-12-26-20(27)23(25-21(26)29)19-13-16(15-3-4-15)5-6-17(19)14-22(23)9-7-18(28-2)8-10-22/h5-6,13,15,18,24H,3-4,7-12,14H2,1-2H3,(H,25,29). The van der Waals surface area contributed by atoms with Crippen LogP contribution in [0, 0.1) is 5.41 Å². The van der Waals surface area contributed by atoms with Gasteiger partial charge in [-0.1, -0.05) is 18.2 Å². The molecule has 6 heteroatoms. The minimum absolute atomic E-state index is 0.123. The van der Waals surface area contributed by atoms with Gasteiger partial charge in [0.15, 0.2) is 10.7 Å². The van der Waals surface area contributed by atoms with Crippen molar-refractivity contribution in [3.8, 4) is 0 Å². The van der Waals surface area contributed by atoms with Crippen molar-refractivity contribution in [3.05, 3.63) is 34.9 Å². The number of benzene rings is 1. The van der Waals surface area contributed by atoms with Crippen LogP contribution in [0.25, 0.3) is 0 Å². The molecule has 1 amide bonds. The first-order valence-electron chi connectivity index (χ1n) is 11.0. The molecule has 1 saturated heterocycles. The number of carbonyl (C=O) groups excluding carboxylic acids is 1. The van der Waals surface area contributed by atoms with E-state index in [4.69, 9.17) is 17.0 Å². The molecule has 156 valence electrons. The summed E-state index contributed by atoms with van der Waals surface area (Å²) < 4.78 is 5.65. The minimum atomic E-state index is -0.712. The SMILES string of the molecule is CNCCN1C(=O)C2(NC1=S)c1cc(C3CC3)ccc1CC21CCC(OC)CC1. The van der Waals surface area contributed by atoms with Crippen molar-refractivity contribution < 1.29 is 9.53 Å². The summed E-state index contributed by atoms with van der Waals surface area (Å²) in [5.41, 5.74) is 3.07. The van der Waals surface area contributed by atoms with Gasteiger partial charge in [0.25, 0.3) is 5.91 Å². The van der Waals surface area contributed by atoms with E-state index in [9.17, 15) is 4.79 Å². The van der Waals surface area contributed by atoms with Gasteiger partial charge in [0.1, 0.15) is 0 Å². The lowest BCUT2D eigenvalue weighted by molar-refractivity contribution is -0.138. The van der Waals surface area contributed by atoms with Crippen LogP contribution >= 0.6 is 12.2 Å². The van der Waals surface area contributed by atoms with E-state index in [1.54, 1.807) is 12.0 Å². The molecule has 1 heterocycles. The number of nitrogens with one attached hydrogen (secondary N) is 2. The van der Waals surface area contributed by atoms with Crippen molar-refractivity contribution in [3.63, 3.8) is 0 Å². The molecule has 5 rings (SSSR count). The zero-order valence-electron chi connectivity index (χ0n) is 17.4. The van der Waals surface area contributed by atoms with Gasteiger partial charge < -0.3 is 15.4 Å². The number of amides is 1. The van der Waals surface area contributed by atoms with Gasteiger partial charge in [-0.2, -0.15) is 0 Å². The molecule has 1 unspecified atom stereocenters. The maximum Gasteiger partial charge on any atom is 0.259 e. The van der Waals surface area contributed by atoms with Gasteiger partial charge in [-0.15, -0.1) is 0 Å². The first-order chi connectivity index (χ1) is 14.0. The Kier molecular flexibility index (Phi) is 4.72. The maximum absolute atomic E-state index is 14.0. The van der Waals surface area contributed by atoms with Crippen LogP contribution in [-0.2, 0) is 21.5 Å². The molecule has 1 atom stereocenters. The third-order valence-corrected chi connectivity index (χ3v) is 8.15. The summed E-state index contributed by atoms with van der Waals surface area (Å²) in [6, 6.07) is 6.91. The molecule has 5 nitrogen and oxygen atoms in total. The molecule has 1 aliphatic heterocycles. The predicted molar refractivity (Wildman–Crippen MR) is 117 cm³/mol. The molecule has 2 saturated carbocycles. The number of ether oxygens (including phenoxy) is 1. The maximum atomic E-state index is 14.0. The summed E-state index contributed by atoms with van der Waals surface area (Å²) in [7, 11) is 3.71. The molecule has 29 heavy (non-hydrogen) atoms. The van der Waals surface area contributed by atoms with Crippen LogP contribution in [0.5, 0.6) is 0 Å². The van der Waals surface area contributed by atoms with E-state index < -0.39 is 5.54 Å². The monoisotopic (exact) mass is 413 g/mol. The molecule has 1 aromatic carbocycles. The number of hydrogen-bond acceptors (Lipinski definition) is 4. The van der Waals surface area contributed by atoms with Crippen molar-refractivity contribution in [1.82, 2.24) is 15.5 Å². The lowest BCUT2D eigenvalue weighted by Crippen LogP contribution is -2.57. The topological polar surface area (TPSA) is 53.6 Å². The number of methoxy groups -OCH3 is 1. The van der Waals surface area contributed by atoms with Crippen molar-refractivity contribution in [2.75, 3.05) is 27.2 Å². The quantitative estimate of drug-likeness (QED) is 0.727. The summed E-state index contributed by atoms with van der Waals surface area (Å²) in [6.07, 6.45) is 7.75. The van der Waals surface area contributed by atoms with Gasteiger partial charge in [-0.3, -0.25) is 9.69 Å². The fraction of sp³-hybridized carbons (Fsp3) is 0.652. The third-order valence-electron chi connectivity index (χ3n) is 7.83. The fourth-order valence-corrected chi connectivity index (χ4v) is 6.35. The zero-order chi connectivity index (χ0) is 20.2. The molecule has 1 aromatic rings. The summed E-state index contributed by atoms with van der Waals surface area (Å²) in [4.78, 5) is 15.8. The number of thiocarbonyl (C=S) groups is 1. The van der Waals surface area contributed by atoms with Gasteiger partial charge in [-0.05, 0) is 86.8 Å². The fourth-order valence-electron chi connectivity index (χ4n) is 6.03. The molecular weight excluding hydrogens is 382 g/mol. The van der Waals surface area contributed by atoms with Crippen molar-refractivity contribution in [2.24, 2.45) is 5.41 Å². The van der Waals surface area contributed by atoms with Crippen molar-refractivity contribution in [1.29, 1.82) is 0 Å². The van der Waals surface area contributed by atoms with E-state index in [1.165, 1.54) is 29.5 Å². The summed E-state index contributed by atoms with van der Waals surface area (Å²) >= 11 is 5.71. The van der Waals surface area contributed by atoms with Crippen molar-refractivity contribution >= 4 is 23.2 Å². The molecule has 2 spiro atoms. The Morgan fingerprint density at radius 1 is 1.28 bits per heavy atom. The zero-order valence-corrected chi connectivity index (χ0v) is 18.2. The Balaban J connectivity index is 1.60. The normalized spacial score (nSPS) is 33.6. The van der Waals surface area contributed by atoms with Gasteiger partial charge >= 0.3 is 0 Å². The minimum Gasteiger partial charge on any atom is -0.381 e. The van der Waals surface area contributed by atoms with Crippen LogP contribution < -0.4 is 10.6 Å². The molecule has 2 N–H and O–H groups in total. The highest BCUT2D eigenvalue weighted by Crippen LogP contribution is 2.60. The van der Waals surface area contributed by atoms with Gasteiger partial charge in [-0.25, -0.2) is 0 Å². The van der Waals surface area contributed by atoms with Crippen LogP contribution in [0.1, 0.15) is 61.1 Å². The first-order valence-corrected chi connectivity index (χ1v) is 11.4. The second-order valence-electron chi connectivity index (χ2n) is 9.32. The van der Waals surface area contributed by atoms with E-state index >= 15 is 0 Å². The second kappa shape index (κ2) is 7.03. The van der Waals surface area contributed by atoms with Crippen LogP contribution in [0.4, 0.5) is 0 Å². The van der Waals surface area contributed by atoms with Crippen LogP contribution in [0.3, 0.4) is 0 Å². The highest BCUT2D eigenvalue weighted by Gasteiger charge is 2.67. The smallest absolute Gasteiger partial charge is 0.259 e. The highest BCUT2D eigenvalue weighted by molar-refractivity contribution is 7.80. The van der Waals surface area contributed by atoms with E-state index in [2.05, 4.69) is 28.8 Å². The second-order valence-corrected chi connectivity index (χ2v) is 9.71. The number of carbonyl (C=O) groups is 1. The van der Waals surface area contributed by atoms with Gasteiger partial charge in [0, 0.05) is 25.6 Å². The third kappa shape index (κ3) is 2.79. The van der Waals surface area contributed by atoms with E-state index in [-0.39, 0.29) is 11.3 Å². The summed E-state index contributed by atoms with van der Waals surface area (Å²) in [5, 5.41) is 7.35. The Morgan fingerprint density at radius 3 is 2.69 bits per heavy atom. The number of rotatable bonds is 5. The molecule has 3 fully saturated rings. The van der Waals surface area contributed by atoms with Crippen LogP contribution in [0.2, 0.25) is 0 Å². The molecule has 3 aliphatic carbocycles. The lowest BCUT2D eigenvalue weighted by atomic mass is 9.61. The van der Waals surface area contributed by atoms with Crippen LogP contribution in [-0.4, -0.2) is 49.3 Å². The average molecular weight is 414 g/mol. The van der Waals surface area contributed by atoms with E-state index in [0.717, 1.165) is 38.6 Å². The first kappa shape index (κ1) is 19.5. The Bertz CT molecular complexity index is 845. The van der Waals surface area contributed by atoms with Crippen LogP contribution in [0.15, 0.2) is 18.2 Å². The molecule has 0 aromatic heterocycles. The molecule has 0 bridgehead atoms. The Labute approximate surface area is 178 Å². The van der Waals surface area contributed by atoms with Gasteiger partial charge in [0.2, 0.25) is 0 Å². The van der Waals surface area contributed by atoms with Crippen molar-refractivity contribution in [2.45, 2.75) is 62.5 Å². The summed E-state index contributed by atoms with van der Waals surface area (Å²) in [5.74, 6) is 0.822. The predicted octanol–water partition coefficient (Wildman–Crippen LogP) is 2.83. The molecular formula is C23H31N3O2S.